The summed E-state index contributed by atoms with van der Waals surface area (Å²) in [7, 11) is 1.67. The number of carbonyl (C=O) groups is 2. The number of anilines is 2. The standard InChI is InChI=1S/C29H31N3O3/c1-21-5-3-6-23(19-21)29(34)32-14-4-7-22-20-24(8-13-27(22)32)28(33)31-17-15-30(16-18-31)25-9-11-26(35-2)12-10-25/h3,5-6,8-13,19-20H,4,7,14-18H2,1-2H3. The maximum atomic E-state index is 13.3. The van der Waals surface area contributed by atoms with E-state index in [4.69, 9.17) is 4.74 Å². The Kier molecular flexibility index (Phi) is 6.45. The van der Waals surface area contributed by atoms with Gasteiger partial charge in [0.05, 0.1) is 7.11 Å². The average Bonchev–Trinajstić information content (AvgIpc) is 2.91. The van der Waals surface area contributed by atoms with Crippen LogP contribution in [-0.2, 0) is 6.42 Å². The largest absolute Gasteiger partial charge is 0.497 e. The van der Waals surface area contributed by atoms with E-state index in [2.05, 4.69) is 17.0 Å². The van der Waals surface area contributed by atoms with Crippen LogP contribution in [-0.4, -0.2) is 56.5 Å². The lowest BCUT2D eigenvalue weighted by molar-refractivity contribution is 0.0746. The smallest absolute Gasteiger partial charge is 0.258 e. The lowest BCUT2D eigenvalue weighted by Crippen LogP contribution is -2.48. The highest BCUT2D eigenvalue weighted by atomic mass is 16.5. The summed E-state index contributed by atoms with van der Waals surface area (Å²) in [5, 5.41) is 0. The Hall–Kier alpha value is -3.80. The molecule has 0 bridgehead atoms. The molecular weight excluding hydrogens is 438 g/mol. The SMILES string of the molecule is COc1ccc(N2CCN(C(=O)c3ccc4c(c3)CCCN4C(=O)c3cccc(C)c3)CC2)cc1. The minimum atomic E-state index is 0.0170. The molecule has 0 N–H and O–H groups in total. The van der Waals surface area contributed by atoms with Gasteiger partial charge in [-0.2, -0.15) is 0 Å². The van der Waals surface area contributed by atoms with Gasteiger partial charge in [-0.1, -0.05) is 17.7 Å². The average molecular weight is 470 g/mol. The molecule has 2 aliphatic heterocycles. The molecule has 2 amide bonds. The number of ether oxygens (including phenoxy) is 1. The molecule has 1 saturated heterocycles. The third kappa shape index (κ3) is 4.74. The highest BCUT2D eigenvalue weighted by Gasteiger charge is 2.27. The van der Waals surface area contributed by atoms with Crippen molar-refractivity contribution in [2.24, 2.45) is 0 Å². The van der Waals surface area contributed by atoms with Gasteiger partial charge in [-0.3, -0.25) is 9.59 Å². The van der Waals surface area contributed by atoms with Crippen molar-refractivity contribution in [1.29, 1.82) is 0 Å². The summed E-state index contributed by atoms with van der Waals surface area (Å²) in [5.41, 5.74) is 5.61. The van der Waals surface area contributed by atoms with Crippen LogP contribution in [0.4, 0.5) is 11.4 Å². The molecule has 0 atom stereocenters. The highest BCUT2D eigenvalue weighted by Crippen LogP contribution is 2.30. The zero-order chi connectivity index (χ0) is 24.4. The summed E-state index contributed by atoms with van der Waals surface area (Å²) in [5.74, 6) is 0.918. The molecule has 3 aromatic carbocycles. The Morgan fingerprint density at radius 3 is 2.26 bits per heavy atom. The summed E-state index contributed by atoms with van der Waals surface area (Å²) in [4.78, 5) is 32.6. The van der Waals surface area contributed by atoms with E-state index in [1.54, 1.807) is 7.11 Å². The van der Waals surface area contributed by atoms with Crippen molar-refractivity contribution >= 4 is 23.2 Å². The number of amides is 2. The number of benzene rings is 3. The molecule has 0 spiro atoms. The van der Waals surface area contributed by atoms with Crippen LogP contribution in [0.3, 0.4) is 0 Å². The lowest BCUT2D eigenvalue weighted by atomic mass is 9.97. The Morgan fingerprint density at radius 1 is 0.800 bits per heavy atom. The first-order valence-electron chi connectivity index (χ1n) is 12.2. The van der Waals surface area contributed by atoms with Gasteiger partial charge in [-0.05, 0) is 79.9 Å². The van der Waals surface area contributed by atoms with Gasteiger partial charge in [0.25, 0.3) is 11.8 Å². The van der Waals surface area contributed by atoms with Crippen molar-refractivity contribution in [2.45, 2.75) is 19.8 Å². The van der Waals surface area contributed by atoms with Gasteiger partial charge >= 0.3 is 0 Å². The number of piperazine rings is 1. The van der Waals surface area contributed by atoms with E-state index in [1.165, 1.54) is 0 Å². The predicted molar refractivity (Wildman–Crippen MR) is 139 cm³/mol. The number of hydrogen-bond donors (Lipinski definition) is 0. The maximum absolute atomic E-state index is 13.3. The van der Waals surface area contributed by atoms with Gasteiger partial charge in [-0.15, -0.1) is 0 Å². The second kappa shape index (κ2) is 9.82. The van der Waals surface area contributed by atoms with Gasteiger partial charge in [-0.25, -0.2) is 0 Å². The Balaban J connectivity index is 1.27. The monoisotopic (exact) mass is 469 g/mol. The van der Waals surface area contributed by atoms with E-state index >= 15 is 0 Å². The quantitative estimate of drug-likeness (QED) is 0.562. The van der Waals surface area contributed by atoms with Crippen LogP contribution < -0.4 is 14.5 Å². The van der Waals surface area contributed by atoms with E-state index in [0.717, 1.165) is 54.2 Å². The van der Waals surface area contributed by atoms with E-state index in [0.29, 0.717) is 30.8 Å². The summed E-state index contributed by atoms with van der Waals surface area (Å²) in [6.45, 7) is 5.64. The molecule has 2 heterocycles. The van der Waals surface area contributed by atoms with E-state index in [-0.39, 0.29) is 11.8 Å². The molecule has 1 fully saturated rings. The Labute approximate surface area is 206 Å². The molecule has 35 heavy (non-hydrogen) atoms. The molecule has 0 saturated carbocycles. The fourth-order valence-electron chi connectivity index (χ4n) is 5.02. The summed E-state index contributed by atoms with van der Waals surface area (Å²) in [6.07, 6.45) is 1.77. The van der Waals surface area contributed by atoms with E-state index in [9.17, 15) is 9.59 Å². The number of methoxy groups -OCH3 is 1. The third-order valence-corrected chi connectivity index (χ3v) is 6.96. The molecule has 0 aromatic heterocycles. The van der Waals surface area contributed by atoms with Gasteiger partial charge in [0.1, 0.15) is 5.75 Å². The molecule has 3 aromatic rings. The number of carbonyl (C=O) groups excluding carboxylic acids is 2. The number of nitrogens with zero attached hydrogens (tertiary/aromatic N) is 3. The first kappa shape index (κ1) is 23.0. The van der Waals surface area contributed by atoms with Crippen molar-refractivity contribution in [1.82, 2.24) is 4.90 Å². The maximum Gasteiger partial charge on any atom is 0.258 e. The van der Waals surface area contributed by atoms with Crippen LogP contribution in [0.15, 0.2) is 66.7 Å². The summed E-state index contributed by atoms with van der Waals surface area (Å²) in [6, 6.07) is 21.6. The van der Waals surface area contributed by atoms with Gasteiger partial charge in [0.15, 0.2) is 0 Å². The third-order valence-electron chi connectivity index (χ3n) is 6.96. The molecule has 0 radical (unpaired) electrons. The molecule has 0 unspecified atom stereocenters. The normalized spacial score (nSPS) is 15.5. The summed E-state index contributed by atoms with van der Waals surface area (Å²) < 4.78 is 5.25. The Morgan fingerprint density at radius 2 is 1.54 bits per heavy atom. The zero-order valence-electron chi connectivity index (χ0n) is 20.4. The Bertz CT molecular complexity index is 1230. The van der Waals surface area contributed by atoms with Crippen LogP contribution in [0.5, 0.6) is 5.75 Å². The first-order chi connectivity index (χ1) is 17.0. The zero-order valence-corrected chi connectivity index (χ0v) is 20.4. The second-order valence-electron chi connectivity index (χ2n) is 9.25. The van der Waals surface area contributed by atoms with Crippen LogP contribution in [0, 0.1) is 6.92 Å². The molecule has 6 nitrogen and oxygen atoms in total. The van der Waals surface area contributed by atoms with Crippen molar-refractivity contribution in [2.75, 3.05) is 49.6 Å². The number of fused-ring (bicyclic) bond motifs is 1. The number of hydrogen-bond acceptors (Lipinski definition) is 4. The van der Waals surface area contributed by atoms with Crippen molar-refractivity contribution < 1.29 is 14.3 Å². The topological polar surface area (TPSA) is 53.1 Å². The molecule has 2 aliphatic rings. The van der Waals surface area contributed by atoms with Crippen LogP contribution >= 0.6 is 0 Å². The van der Waals surface area contributed by atoms with Crippen molar-refractivity contribution in [3.05, 3.63) is 89.0 Å². The highest BCUT2D eigenvalue weighted by molar-refractivity contribution is 6.07. The summed E-state index contributed by atoms with van der Waals surface area (Å²) >= 11 is 0. The van der Waals surface area contributed by atoms with Gasteiger partial charge in [0, 0.05) is 55.2 Å². The lowest BCUT2D eigenvalue weighted by Gasteiger charge is -2.36. The van der Waals surface area contributed by atoms with Gasteiger partial charge in [0.2, 0.25) is 0 Å². The first-order valence-corrected chi connectivity index (χ1v) is 12.2. The predicted octanol–water partition coefficient (Wildman–Crippen LogP) is 4.56. The second-order valence-corrected chi connectivity index (χ2v) is 9.25. The van der Waals surface area contributed by atoms with Crippen LogP contribution in [0.1, 0.15) is 38.3 Å². The molecule has 5 rings (SSSR count). The molecule has 0 aliphatic carbocycles. The van der Waals surface area contributed by atoms with Gasteiger partial charge < -0.3 is 19.4 Å². The molecule has 6 heteroatoms. The minimum absolute atomic E-state index is 0.0170. The fourth-order valence-corrected chi connectivity index (χ4v) is 5.02. The van der Waals surface area contributed by atoms with Crippen LogP contribution in [0.25, 0.3) is 0 Å². The number of aryl methyl sites for hydroxylation is 2. The van der Waals surface area contributed by atoms with Crippen molar-refractivity contribution in [3.8, 4) is 5.75 Å². The van der Waals surface area contributed by atoms with E-state index < -0.39 is 0 Å². The van der Waals surface area contributed by atoms with Crippen LogP contribution in [0.2, 0.25) is 0 Å². The minimum Gasteiger partial charge on any atom is -0.497 e. The van der Waals surface area contributed by atoms with E-state index in [1.807, 2.05) is 71.3 Å². The fraction of sp³-hybridized carbons (Fsp3) is 0.310. The van der Waals surface area contributed by atoms with Crippen molar-refractivity contribution in [3.63, 3.8) is 0 Å². The molecular formula is C29H31N3O3. The number of rotatable bonds is 4. The molecule has 180 valence electrons.